The first-order valence-corrected chi connectivity index (χ1v) is 9.65. The van der Waals surface area contributed by atoms with E-state index in [0.29, 0.717) is 12.3 Å². The number of hydrogen-bond donors (Lipinski definition) is 0. The molecule has 1 aliphatic rings. The molecule has 0 bridgehead atoms. The summed E-state index contributed by atoms with van der Waals surface area (Å²) >= 11 is 0. The maximum atomic E-state index is 11.7. The summed E-state index contributed by atoms with van der Waals surface area (Å²) in [6.45, 7) is 4.29. The molecule has 2 heterocycles. The average molecular weight is 396 g/mol. The van der Waals surface area contributed by atoms with Gasteiger partial charge in [0.15, 0.2) is 11.5 Å². The van der Waals surface area contributed by atoms with Crippen molar-refractivity contribution in [2.75, 3.05) is 34.5 Å². The van der Waals surface area contributed by atoms with Crippen molar-refractivity contribution in [3.8, 4) is 17.2 Å². The lowest BCUT2D eigenvalue weighted by molar-refractivity contribution is -0.939. The third kappa shape index (κ3) is 3.80. The quantitative estimate of drug-likeness (QED) is 0.487. The van der Waals surface area contributed by atoms with Gasteiger partial charge in [0.1, 0.15) is 17.9 Å². The van der Waals surface area contributed by atoms with Gasteiger partial charge >= 0.3 is 5.63 Å². The van der Waals surface area contributed by atoms with Crippen molar-refractivity contribution in [2.24, 2.45) is 0 Å². The monoisotopic (exact) mass is 396 g/mol. The molecule has 4 rings (SSSR count). The van der Waals surface area contributed by atoms with E-state index >= 15 is 0 Å². The standard InChI is InChI=1S/C23H26NO5/c1-15-9-23(25)29-21-12-20-17(11-18(15)21)13-24(2,14-28-20)8-7-16-5-6-19(26-3)22(10-16)27-4/h5-6,9-12H,7-8,13-14H2,1-4H3/q+1/t24-/m0/s1. The fraction of sp³-hybridized carbons (Fsp3) is 0.348. The van der Waals surface area contributed by atoms with Crippen molar-refractivity contribution < 1.29 is 23.1 Å². The number of fused-ring (bicyclic) bond motifs is 2. The summed E-state index contributed by atoms with van der Waals surface area (Å²) in [5.41, 5.74) is 3.50. The molecule has 0 amide bonds. The molecule has 6 heteroatoms. The summed E-state index contributed by atoms with van der Waals surface area (Å²) in [6.07, 6.45) is 0.900. The van der Waals surface area contributed by atoms with E-state index in [0.717, 1.165) is 57.8 Å². The van der Waals surface area contributed by atoms with Crippen LogP contribution in [0.25, 0.3) is 11.0 Å². The zero-order chi connectivity index (χ0) is 20.6. The number of hydrogen-bond acceptors (Lipinski definition) is 5. The number of methoxy groups -OCH3 is 2. The molecule has 0 saturated heterocycles. The van der Waals surface area contributed by atoms with Crippen LogP contribution in [0.5, 0.6) is 17.2 Å². The molecule has 0 unspecified atom stereocenters. The Bertz CT molecular complexity index is 1120. The fourth-order valence-corrected chi connectivity index (χ4v) is 3.91. The van der Waals surface area contributed by atoms with Crippen LogP contribution in [0.15, 0.2) is 45.6 Å². The highest BCUT2D eigenvalue weighted by Crippen LogP contribution is 2.34. The zero-order valence-corrected chi connectivity index (χ0v) is 17.3. The molecule has 152 valence electrons. The van der Waals surface area contributed by atoms with Gasteiger partial charge in [-0.2, -0.15) is 0 Å². The highest BCUT2D eigenvalue weighted by atomic mass is 16.5. The Kier molecular flexibility index (Phi) is 4.96. The lowest BCUT2D eigenvalue weighted by Crippen LogP contribution is -2.49. The third-order valence-corrected chi connectivity index (χ3v) is 5.60. The summed E-state index contributed by atoms with van der Waals surface area (Å²) in [7, 11) is 5.49. The van der Waals surface area contributed by atoms with Crippen LogP contribution in [-0.2, 0) is 13.0 Å². The van der Waals surface area contributed by atoms with Crippen molar-refractivity contribution in [1.29, 1.82) is 0 Å². The molecule has 1 aromatic heterocycles. The van der Waals surface area contributed by atoms with Crippen molar-refractivity contribution in [3.63, 3.8) is 0 Å². The number of likely N-dealkylation sites (N-methyl/N-ethyl adjacent to an activating group) is 1. The SMILES string of the molecule is COc1ccc(CC[N@+]2(C)COc3cc4oc(=O)cc(C)c4cc3C2)cc1OC. The minimum Gasteiger partial charge on any atom is -0.493 e. The largest absolute Gasteiger partial charge is 0.493 e. The predicted octanol–water partition coefficient (Wildman–Crippen LogP) is 3.66. The van der Waals surface area contributed by atoms with Crippen LogP contribution in [0.2, 0.25) is 0 Å². The molecule has 1 aliphatic heterocycles. The molecule has 3 aromatic rings. The van der Waals surface area contributed by atoms with Crippen LogP contribution in [0.4, 0.5) is 0 Å². The molecular weight excluding hydrogens is 370 g/mol. The van der Waals surface area contributed by atoms with Crippen LogP contribution in [0, 0.1) is 6.92 Å². The number of ether oxygens (including phenoxy) is 3. The van der Waals surface area contributed by atoms with Crippen molar-refractivity contribution in [2.45, 2.75) is 19.9 Å². The van der Waals surface area contributed by atoms with Gasteiger partial charge in [-0.25, -0.2) is 4.79 Å². The normalized spacial score (nSPS) is 18.2. The Morgan fingerprint density at radius 2 is 1.86 bits per heavy atom. The topological polar surface area (TPSA) is 57.9 Å². The minimum atomic E-state index is -0.332. The summed E-state index contributed by atoms with van der Waals surface area (Å²) in [6, 6.07) is 11.5. The molecular formula is C23H26NO5+. The van der Waals surface area contributed by atoms with E-state index in [1.807, 2.05) is 25.1 Å². The molecule has 0 radical (unpaired) electrons. The fourth-order valence-electron chi connectivity index (χ4n) is 3.91. The van der Waals surface area contributed by atoms with E-state index in [1.165, 1.54) is 11.6 Å². The smallest absolute Gasteiger partial charge is 0.336 e. The van der Waals surface area contributed by atoms with Gasteiger partial charge in [-0.3, -0.25) is 4.48 Å². The van der Waals surface area contributed by atoms with Gasteiger partial charge in [-0.05, 0) is 36.2 Å². The first-order chi connectivity index (χ1) is 13.9. The molecule has 1 atom stereocenters. The second-order valence-electron chi connectivity index (χ2n) is 7.92. The van der Waals surface area contributed by atoms with Crippen LogP contribution in [0.3, 0.4) is 0 Å². The van der Waals surface area contributed by atoms with E-state index < -0.39 is 0 Å². The Hall–Kier alpha value is -2.99. The third-order valence-electron chi connectivity index (χ3n) is 5.60. The van der Waals surface area contributed by atoms with Gasteiger partial charge in [0.05, 0.1) is 27.8 Å². The van der Waals surface area contributed by atoms with Crippen molar-refractivity contribution in [3.05, 3.63) is 63.5 Å². The van der Waals surface area contributed by atoms with E-state index in [1.54, 1.807) is 14.2 Å². The summed E-state index contributed by atoms with van der Waals surface area (Å²) in [4.78, 5) is 11.7. The Morgan fingerprint density at radius 1 is 1.07 bits per heavy atom. The molecule has 0 saturated carbocycles. The van der Waals surface area contributed by atoms with Gasteiger partial charge in [0.2, 0.25) is 6.73 Å². The maximum Gasteiger partial charge on any atom is 0.336 e. The highest BCUT2D eigenvalue weighted by Gasteiger charge is 2.30. The van der Waals surface area contributed by atoms with Crippen LogP contribution in [0.1, 0.15) is 16.7 Å². The predicted molar refractivity (Wildman–Crippen MR) is 111 cm³/mol. The van der Waals surface area contributed by atoms with Gasteiger partial charge in [-0.15, -0.1) is 0 Å². The number of nitrogens with zero attached hydrogens (tertiary/aromatic N) is 1. The first kappa shape index (κ1) is 19.3. The van der Waals surface area contributed by atoms with E-state index in [9.17, 15) is 4.79 Å². The second kappa shape index (κ2) is 7.44. The summed E-state index contributed by atoms with van der Waals surface area (Å²) < 4.78 is 22.9. The van der Waals surface area contributed by atoms with E-state index in [4.69, 9.17) is 18.6 Å². The molecule has 0 N–H and O–H groups in total. The lowest BCUT2D eigenvalue weighted by atomic mass is 10.0. The van der Waals surface area contributed by atoms with E-state index in [-0.39, 0.29) is 5.63 Å². The Labute approximate surface area is 169 Å². The van der Waals surface area contributed by atoms with Gasteiger partial charge in [-0.1, -0.05) is 6.07 Å². The number of quaternary nitrogens is 1. The van der Waals surface area contributed by atoms with Gasteiger partial charge in [0, 0.05) is 29.5 Å². The molecule has 0 fully saturated rings. The molecule has 6 nitrogen and oxygen atoms in total. The number of aryl methyl sites for hydroxylation is 1. The van der Waals surface area contributed by atoms with Gasteiger partial charge in [0.25, 0.3) is 0 Å². The van der Waals surface area contributed by atoms with Crippen LogP contribution < -0.4 is 19.8 Å². The highest BCUT2D eigenvalue weighted by molar-refractivity contribution is 5.82. The number of benzene rings is 2. The zero-order valence-electron chi connectivity index (χ0n) is 17.3. The summed E-state index contributed by atoms with van der Waals surface area (Å²) in [5, 5.41) is 0.959. The molecule has 2 aromatic carbocycles. The number of rotatable bonds is 5. The Morgan fingerprint density at radius 3 is 2.62 bits per heavy atom. The van der Waals surface area contributed by atoms with Gasteiger partial charge < -0.3 is 18.6 Å². The second-order valence-corrected chi connectivity index (χ2v) is 7.92. The van der Waals surface area contributed by atoms with Crippen LogP contribution in [-0.4, -0.2) is 39.0 Å². The minimum absolute atomic E-state index is 0.332. The molecule has 29 heavy (non-hydrogen) atoms. The molecule has 0 aliphatic carbocycles. The van der Waals surface area contributed by atoms with Crippen LogP contribution >= 0.6 is 0 Å². The molecule has 0 spiro atoms. The first-order valence-electron chi connectivity index (χ1n) is 9.65. The van der Waals surface area contributed by atoms with Crippen molar-refractivity contribution in [1.82, 2.24) is 0 Å². The lowest BCUT2D eigenvalue weighted by Gasteiger charge is -2.38. The average Bonchev–Trinajstić information content (AvgIpc) is 2.71. The van der Waals surface area contributed by atoms with E-state index in [2.05, 4.69) is 19.2 Å². The van der Waals surface area contributed by atoms with Crippen molar-refractivity contribution >= 4 is 11.0 Å². The summed E-state index contributed by atoms with van der Waals surface area (Å²) in [5.74, 6) is 2.28. The maximum absolute atomic E-state index is 11.7. The Balaban J connectivity index is 1.55.